The zero-order valence-electron chi connectivity index (χ0n) is 19.3. The van der Waals surface area contributed by atoms with Gasteiger partial charge in [-0.25, -0.2) is 4.39 Å². The van der Waals surface area contributed by atoms with E-state index in [2.05, 4.69) is 22.1 Å². The second-order valence-electron chi connectivity index (χ2n) is 8.59. The molecule has 176 valence electrons. The van der Waals surface area contributed by atoms with Crippen molar-refractivity contribution in [2.24, 2.45) is 5.73 Å². The minimum Gasteiger partial charge on any atom is -0.367 e. The van der Waals surface area contributed by atoms with Gasteiger partial charge in [0.2, 0.25) is 0 Å². The first-order chi connectivity index (χ1) is 16.2. The molecule has 1 aromatic heterocycles. The number of hydrogen-bond acceptors (Lipinski definition) is 4. The van der Waals surface area contributed by atoms with Crippen LogP contribution in [0.25, 0.3) is 21.8 Å². The Hall–Kier alpha value is -4.06. The first-order valence-electron chi connectivity index (χ1n) is 11.0. The van der Waals surface area contributed by atoms with Gasteiger partial charge in [0.15, 0.2) is 0 Å². The molecule has 1 unspecified atom stereocenters. The third kappa shape index (κ3) is 4.15. The van der Waals surface area contributed by atoms with Crippen LogP contribution in [-0.2, 0) is 4.79 Å². The average molecular weight is 464 g/mol. The molecule has 0 aliphatic carbocycles. The number of anilines is 1. The van der Waals surface area contributed by atoms with Crippen LogP contribution in [0.5, 0.6) is 0 Å². The molecule has 4 rings (SSSR count). The number of fused-ring (bicyclic) bond motifs is 3. The van der Waals surface area contributed by atoms with E-state index in [1.165, 1.54) is 4.90 Å². The van der Waals surface area contributed by atoms with Gasteiger partial charge in [0.25, 0.3) is 17.7 Å². The lowest BCUT2D eigenvalue weighted by atomic mass is 10.00. The van der Waals surface area contributed by atoms with Crippen molar-refractivity contribution in [1.82, 2.24) is 15.2 Å². The standard InChI is InChI=1S/C25H26FN5O3/c1-4-6-20(32)28-15-7-5-10-31(13-15)23-18(26)12-17(24(27)33)22-21(23)16-9-8-14(11-19(16)29-22)25(34)30(2)3/h8-9,11-12,15,29H,5,7,10,13H2,1-3H3,(H2,27,33)(H,28,32). The Morgan fingerprint density at radius 1 is 1.26 bits per heavy atom. The Balaban J connectivity index is 1.86. The van der Waals surface area contributed by atoms with Gasteiger partial charge < -0.3 is 25.8 Å². The van der Waals surface area contributed by atoms with Gasteiger partial charge in [-0.2, -0.15) is 0 Å². The van der Waals surface area contributed by atoms with Gasteiger partial charge in [-0.3, -0.25) is 14.4 Å². The molecule has 2 aromatic carbocycles. The number of benzene rings is 2. The average Bonchev–Trinajstić information content (AvgIpc) is 3.16. The maximum Gasteiger partial charge on any atom is 0.296 e. The second kappa shape index (κ2) is 9.06. The highest BCUT2D eigenvalue weighted by atomic mass is 19.1. The molecule has 3 amide bonds. The number of carbonyl (C=O) groups is 3. The molecular weight excluding hydrogens is 437 g/mol. The number of aromatic amines is 1. The predicted molar refractivity (Wildman–Crippen MR) is 129 cm³/mol. The zero-order chi connectivity index (χ0) is 24.6. The number of nitrogens with two attached hydrogens (primary N) is 1. The summed E-state index contributed by atoms with van der Waals surface area (Å²) >= 11 is 0. The molecule has 1 atom stereocenters. The lowest BCUT2D eigenvalue weighted by molar-refractivity contribution is -0.116. The second-order valence-corrected chi connectivity index (χ2v) is 8.59. The van der Waals surface area contributed by atoms with Crippen LogP contribution >= 0.6 is 0 Å². The zero-order valence-corrected chi connectivity index (χ0v) is 19.3. The van der Waals surface area contributed by atoms with Crippen LogP contribution in [0.15, 0.2) is 24.3 Å². The van der Waals surface area contributed by atoms with E-state index in [0.29, 0.717) is 46.1 Å². The summed E-state index contributed by atoms with van der Waals surface area (Å²) in [4.78, 5) is 43.1. The minimum atomic E-state index is -0.756. The van der Waals surface area contributed by atoms with E-state index in [1.54, 1.807) is 39.2 Å². The molecule has 1 fully saturated rings. The highest BCUT2D eigenvalue weighted by Gasteiger charge is 2.28. The Kier molecular flexibility index (Phi) is 6.16. The number of halogens is 1. The number of nitrogens with zero attached hydrogens (tertiary/aromatic N) is 2. The SMILES string of the molecule is CC#CC(=O)NC1CCCN(c2c(F)cc(C(N)=O)c3[nH]c4cc(C(=O)N(C)C)ccc4c23)C1. The molecular formula is C25H26FN5O3. The van der Waals surface area contributed by atoms with Crippen molar-refractivity contribution >= 4 is 45.2 Å². The quantitative estimate of drug-likeness (QED) is 0.516. The topological polar surface area (TPSA) is 112 Å². The summed E-state index contributed by atoms with van der Waals surface area (Å²) in [6.07, 6.45) is 1.49. The largest absolute Gasteiger partial charge is 0.367 e. The summed E-state index contributed by atoms with van der Waals surface area (Å²) < 4.78 is 15.5. The Morgan fingerprint density at radius 2 is 2.03 bits per heavy atom. The fourth-order valence-corrected chi connectivity index (χ4v) is 4.56. The molecule has 0 radical (unpaired) electrons. The van der Waals surface area contributed by atoms with Gasteiger partial charge in [-0.05, 0) is 43.9 Å². The molecule has 4 N–H and O–H groups in total. The van der Waals surface area contributed by atoms with E-state index < -0.39 is 11.7 Å². The van der Waals surface area contributed by atoms with Crippen LogP contribution in [0.2, 0.25) is 0 Å². The number of H-pyrrole nitrogens is 1. The van der Waals surface area contributed by atoms with Crippen LogP contribution in [-0.4, -0.2) is 60.8 Å². The Morgan fingerprint density at radius 3 is 2.71 bits per heavy atom. The molecule has 1 saturated heterocycles. The first-order valence-corrected chi connectivity index (χ1v) is 11.0. The molecule has 0 saturated carbocycles. The number of carbonyl (C=O) groups excluding carboxylic acids is 3. The molecule has 1 aliphatic rings. The first kappa shape index (κ1) is 23.1. The number of hydrogen-bond donors (Lipinski definition) is 3. The van der Waals surface area contributed by atoms with Crippen molar-refractivity contribution < 1.29 is 18.8 Å². The van der Waals surface area contributed by atoms with E-state index in [4.69, 9.17) is 5.73 Å². The Bertz CT molecular complexity index is 1380. The van der Waals surface area contributed by atoms with Crippen LogP contribution < -0.4 is 16.0 Å². The lowest BCUT2D eigenvalue weighted by Gasteiger charge is -2.35. The van der Waals surface area contributed by atoms with Crippen molar-refractivity contribution in [2.75, 3.05) is 32.1 Å². The number of amides is 3. The number of piperidine rings is 1. The van der Waals surface area contributed by atoms with Gasteiger partial charge >= 0.3 is 0 Å². The summed E-state index contributed by atoms with van der Waals surface area (Å²) in [5, 5.41) is 4.07. The predicted octanol–water partition coefficient (Wildman–Crippen LogP) is 2.37. The minimum absolute atomic E-state index is 0.0352. The van der Waals surface area contributed by atoms with Crippen LogP contribution in [0.3, 0.4) is 0 Å². The van der Waals surface area contributed by atoms with E-state index in [-0.39, 0.29) is 23.4 Å². The van der Waals surface area contributed by atoms with Gasteiger partial charge in [0.05, 0.1) is 16.8 Å². The fraction of sp³-hybridized carbons (Fsp3) is 0.320. The van der Waals surface area contributed by atoms with Crippen LogP contribution in [0.4, 0.5) is 10.1 Å². The summed E-state index contributed by atoms with van der Waals surface area (Å²) in [6, 6.07) is 6.07. The third-order valence-electron chi connectivity index (χ3n) is 6.03. The maximum absolute atomic E-state index is 15.5. The molecule has 1 aliphatic heterocycles. The summed E-state index contributed by atoms with van der Waals surface area (Å²) in [5.74, 6) is 3.18. The third-order valence-corrected chi connectivity index (χ3v) is 6.03. The molecule has 2 heterocycles. The Labute approximate surface area is 196 Å². The number of primary amides is 1. The summed E-state index contributed by atoms with van der Waals surface area (Å²) in [7, 11) is 3.32. The molecule has 8 nitrogen and oxygen atoms in total. The molecule has 34 heavy (non-hydrogen) atoms. The molecule has 0 bridgehead atoms. The number of aromatic nitrogens is 1. The number of nitrogens with one attached hydrogen (secondary N) is 2. The normalized spacial score (nSPS) is 15.6. The molecule has 9 heteroatoms. The van der Waals surface area contributed by atoms with Crippen molar-refractivity contribution in [3.05, 3.63) is 41.2 Å². The van der Waals surface area contributed by atoms with E-state index in [9.17, 15) is 14.4 Å². The van der Waals surface area contributed by atoms with E-state index in [1.807, 2.05) is 4.90 Å². The summed E-state index contributed by atoms with van der Waals surface area (Å²) in [6.45, 7) is 2.56. The van der Waals surface area contributed by atoms with Gasteiger partial charge in [0.1, 0.15) is 5.82 Å². The van der Waals surface area contributed by atoms with Gasteiger partial charge in [-0.1, -0.05) is 12.0 Å². The van der Waals surface area contributed by atoms with E-state index >= 15 is 4.39 Å². The van der Waals surface area contributed by atoms with Crippen molar-refractivity contribution in [3.8, 4) is 11.8 Å². The van der Waals surface area contributed by atoms with Gasteiger partial charge in [0, 0.05) is 55.1 Å². The molecule has 0 spiro atoms. The fourth-order valence-electron chi connectivity index (χ4n) is 4.56. The van der Waals surface area contributed by atoms with Crippen molar-refractivity contribution in [3.63, 3.8) is 0 Å². The lowest BCUT2D eigenvalue weighted by Crippen LogP contribution is -2.47. The highest BCUT2D eigenvalue weighted by Crippen LogP contribution is 2.39. The monoisotopic (exact) mass is 463 g/mol. The van der Waals surface area contributed by atoms with Crippen LogP contribution in [0.1, 0.15) is 40.5 Å². The van der Waals surface area contributed by atoms with E-state index in [0.717, 1.165) is 18.9 Å². The van der Waals surface area contributed by atoms with Gasteiger partial charge in [-0.15, -0.1) is 0 Å². The highest BCUT2D eigenvalue weighted by molar-refractivity contribution is 6.20. The smallest absolute Gasteiger partial charge is 0.296 e. The maximum atomic E-state index is 15.5. The number of rotatable bonds is 4. The van der Waals surface area contributed by atoms with Crippen LogP contribution in [0, 0.1) is 17.7 Å². The van der Waals surface area contributed by atoms with Crippen molar-refractivity contribution in [2.45, 2.75) is 25.8 Å². The molecule has 3 aromatic rings. The van der Waals surface area contributed by atoms with Crippen molar-refractivity contribution in [1.29, 1.82) is 0 Å². The summed E-state index contributed by atoms with van der Waals surface area (Å²) in [5.41, 5.74) is 7.40.